The Morgan fingerprint density at radius 3 is 2.83 bits per heavy atom. The zero-order valence-corrected chi connectivity index (χ0v) is 10.8. The second-order valence-electron chi connectivity index (χ2n) is 3.95. The lowest BCUT2D eigenvalue weighted by atomic mass is 10.1. The van der Waals surface area contributed by atoms with Crippen LogP contribution in [0.5, 0.6) is 0 Å². The maximum Gasteiger partial charge on any atom is 0.253 e. The third kappa shape index (κ3) is 4.35. The molecule has 5 heteroatoms. The maximum absolute atomic E-state index is 11.9. The summed E-state index contributed by atoms with van der Waals surface area (Å²) in [6.07, 6.45) is -0.0729. The largest absolute Gasteiger partial charge is 0.391 e. The molecule has 0 heterocycles. The Bertz CT molecular complexity index is 382. The van der Waals surface area contributed by atoms with Gasteiger partial charge in [0, 0.05) is 26.4 Å². The van der Waals surface area contributed by atoms with Gasteiger partial charge in [-0.3, -0.25) is 4.79 Å². The number of methoxy groups -OCH3 is 1. The van der Waals surface area contributed by atoms with Gasteiger partial charge in [-0.05, 0) is 18.6 Å². The van der Waals surface area contributed by atoms with Gasteiger partial charge in [0.25, 0.3) is 5.91 Å². The highest BCUT2D eigenvalue weighted by atomic mass is 16.5. The summed E-state index contributed by atoms with van der Waals surface area (Å²) < 4.78 is 4.81. The molecule has 18 heavy (non-hydrogen) atoms. The number of ether oxygens (including phenoxy) is 1. The number of rotatable bonds is 7. The molecule has 0 saturated heterocycles. The molecule has 1 atom stereocenters. The van der Waals surface area contributed by atoms with Gasteiger partial charge in [0.05, 0.1) is 18.3 Å². The summed E-state index contributed by atoms with van der Waals surface area (Å²) in [6.45, 7) is 0.699. The minimum atomic E-state index is -0.546. The smallest absolute Gasteiger partial charge is 0.253 e. The van der Waals surface area contributed by atoms with Crippen molar-refractivity contribution in [1.29, 1.82) is 0 Å². The van der Waals surface area contributed by atoms with Crippen molar-refractivity contribution in [2.75, 3.05) is 32.6 Å². The number of nitrogens with one attached hydrogen (secondary N) is 2. The van der Waals surface area contributed by atoms with E-state index in [1.54, 1.807) is 13.1 Å². The van der Waals surface area contributed by atoms with Crippen LogP contribution in [0.2, 0.25) is 0 Å². The minimum Gasteiger partial charge on any atom is -0.391 e. The van der Waals surface area contributed by atoms with Gasteiger partial charge in [-0.1, -0.05) is 12.1 Å². The average molecular weight is 252 g/mol. The van der Waals surface area contributed by atoms with E-state index in [4.69, 9.17) is 4.74 Å². The van der Waals surface area contributed by atoms with E-state index < -0.39 is 6.10 Å². The highest BCUT2D eigenvalue weighted by Gasteiger charge is 2.10. The molecule has 3 N–H and O–H groups in total. The molecule has 0 bridgehead atoms. The Labute approximate surface area is 107 Å². The summed E-state index contributed by atoms with van der Waals surface area (Å²) in [4.78, 5) is 11.9. The standard InChI is InChI=1S/C13H20N2O3/c1-14-12-6-4-3-5-11(12)13(17)15-8-7-10(16)9-18-2/h3-6,10,14,16H,7-9H2,1-2H3,(H,15,17). The number of aliphatic hydroxyl groups excluding tert-OH is 1. The lowest BCUT2D eigenvalue weighted by Crippen LogP contribution is -2.28. The molecule has 0 aromatic heterocycles. The molecular weight excluding hydrogens is 232 g/mol. The van der Waals surface area contributed by atoms with Crippen LogP contribution < -0.4 is 10.6 Å². The van der Waals surface area contributed by atoms with Gasteiger partial charge < -0.3 is 20.5 Å². The zero-order chi connectivity index (χ0) is 13.4. The molecule has 0 fully saturated rings. The molecule has 0 aliphatic heterocycles. The van der Waals surface area contributed by atoms with Crippen molar-refractivity contribution in [2.24, 2.45) is 0 Å². The van der Waals surface area contributed by atoms with E-state index in [9.17, 15) is 9.90 Å². The van der Waals surface area contributed by atoms with Crippen LogP contribution in [0.15, 0.2) is 24.3 Å². The molecule has 1 rings (SSSR count). The van der Waals surface area contributed by atoms with Crippen LogP contribution in [0.3, 0.4) is 0 Å². The predicted molar refractivity (Wildman–Crippen MR) is 70.8 cm³/mol. The van der Waals surface area contributed by atoms with Crippen LogP contribution in [0.1, 0.15) is 16.8 Å². The molecule has 0 aliphatic rings. The van der Waals surface area contributed by atoms with Gasteiger partial charge in [-0.25, -0.2) is 0 Å². The van der Waals surface area contributed by atoms with E-state index in [2.05, 4.69) is 10.6 Å². The van der Waals surface area contributed by atoms with E-state index in [0.717, 1.165) is 5.69 Å². The number of para-hydroxylation sites is 1. The number of hydrogen-bond donors (Lipinski definition) is 3. The molecule has 1 amide bonds. The van der Waals surface area contributed by atoms with Gasteiger partial charge in [-0.15, -0.1) is 0 Å². The summed E-state index contributed by atoms with van der Waals surface area (Å²) in [5, 5.41) is 15.2. The molecule has 0 spiro atoms. The van der Waals surface area contributed by atoms with Crippen LogP contribution in [0.25, 0.3) is 0 Å². The Kier molecular flexibility index (Phi) is 6.18. The monoisotopic (exact) mass is 252 g/mol. The first kappa shape index (κ1) is 14.5. The lowest BCUT2D eigenvalue weighted by Gasteiger charge is -2.12. The lowest BCUT2D eigenvalue weighted by molar-refractivity contribution is 0.0588. The fraction of sp³-hybridized carbons (Fsp3) is 0.462. The Morgan fingerprint density at radius 1 is 1.44 bits per heavy atom. The molecule has 0 radical (unpaired) electrons. The molecule has 0 aliphatic carbocycles. The third-order valence-corrected chi connectivity index (χ3v) is 2.56. The van der Waals surface area contributed by atoms with Gasteiger partial charge in [0.1, 0.15) is 0 Å². The van der Waals surface area contributed by atoms with Crippen molar-refractivity contribution in [2.45, 2.75) is 12.5 Å². The van der Waals surface area contributed by atoms with Crippen molar-refractivity contribution < 1.29 is 14.6 Å². The van der Waals surface area contributed by atoms with Crippen molar-refractivity contribution >= 4 is 11.6 Å². The van der Waals surface area contributed by atoms with Crippen molar-refractivity contribution in [1.82, 2.24) is 5.32 Å². The van der Waals surface area contributed by atoms with Gasteiger partial charge in [0.15, 0.2) is 0 Å². The molecular formula is C13H20N2O3. The zero-order valence-electron chi connectivity index (χ0n) is 10.8. The molecule has 1 unspecified atom stereocenters. The highest BCUT2D eigenvalue weighted by Crippen LogP contribution is 2.13. The number of carbonyl (C=O) groups excluding carboxylic acids is 1. The number of hydrogen-bond acceptors (Lipinski definition) is 4. The number of anilines is 1. The first-order valence-electron chi connectivity index (χ1n) is 5.91. The predicted octanol–water partition coefficient (Wildman–Crippen LogP) is 0.855. The molecule has 5 nitrogen and oxygen atoms in total. The fourth-order valence-electron chi connectivity index (χ4n) is 1.62. The van der Waals surface area contributed by atoms with Crippen LogP contribution in [0.4, 0.5) is 5.69 Å². The molecule has 100 valence electrons. The maximum atomic E-state index is 11.9. The summed E-state index contributed by atoms with van der Waals surface area (Å²) in [5.41, 5.74) is 1.38. The second kappa shape index (κ2) is 7.68. The first-order valence-corrected chi connectivity index (χ1v) is 5.91. The van der Waals surface area contributed by atoms with Crippen molar-refractivity contribution in [3.05, 3.63) is 29.8 Å². The van der Waals surface area contributed by atoms with Crippen molar-refractivity contribution in [3.8, 4) is 0 Å². The fourth-order valence-corrected chi connectivity index (χ4v) is 1.62. The number of benzene rings is 1. The number of aliphatic hydroxyl groups is 1. The van der Waals surface area contributed by atoms with E-state index in [0.29, 0.717) is 18.5 Å². The topological polar surface area (TPSA) is 70.6 Å². The van der Waals surface area contributed by atoms with Crippen LogP contribution in [0, 0.1) is 0 Å². The van der Waals surface area contributed by atoms with Crippen LogP contribution in [-0.2, 0) is 4.74 Å². The third-order valence-electron chi connectivity index (χ3n) is 2.56. The Morgan fingerprint density at radius 2 is 2.17 bits per heavy atom. The van der Waals surface area contributed by atoms with Crippen LogP contribution in [-0.4, -0.2) is 44.4 Å². The second-order valence-corrected chi connectivity index (χ2v) is 3.95. The van der Waals surface area contributed by atoms with E-state index in [-0.39, 0.29) is 12.5 Å². The number of amides is 1. The first-order chi connectivity index (χ1) is 8.69. The average Bonchev–Trinajstić information content (AvgIpc) is 2.38. The molecule has 0 saturated carbocycles. The number of carbonyl (C=O) groups is 1. The Balaban J connectivity index is 2.45. The summed E-state index contributed by atoms with van der Waals surface area (Å²) in [7, 11) is 3.30. The summed E-state index contributed by atoms with van der Waals surface area (Å²) >= 11 is 0. The minimum absolute atomic E-state index is 0.149. The normalized spacial score (nSPS) is 11.9. The quantitative estimate of drug-likeness (QED) is 0.673. The van der Waals surface area contributed by atoms with Crippen molar-refractivity contribution in [3.63, 3.8) is 0 Å². The van der Waals surface area contributed by atoms with E-state index in [1.165, 1.54) is 7.11 Å². The molecule has 1 aromatic carbocycles. The molecule has 1 aromatic rings. The van der Waals surface area contributed by atoms with Gasteiger partial charge in [-0.2, -0.15) is 0 Å². The van der Waals surface area contributed by atoms with E-state index >= 15 is 0 Å². The Hall–Kier alpha value is -1.59. The van der Waals surface area contributed by atoms with Gasteiger partial charge >= 0.3 is 0 Å². The summed E-state index contributed by atoms with van der Waals surface area (Å²) in [5.74, 6) is -0.149. The SMILES string of the molecule is CNc1ccccc1C(=O)NCCC(O)COC. The summed E-state index contributed by atoms with van der Waals surface area (Å²) in [6, 6.07) is 7.28. The highest BCUT2D eigenvalue weighted by molar-refractivity contribution is 5.99. The van der Waals surface area contributed by atoms with Gasteiger partial charge in [0.2, 0.25) is 0 Å². The van der Waals surface area contributed by atoms with E-state index in [1.807, 2.05) is 18.2 Å². The van der Waals surface area contributed by atoms with Crippen LogP contribution >= 0.6 is 0 Å².